The highest BCUT2D eigenvalue weighted by atomic mass is 28.2. The SMILES string of the molecule is CC(=O)O[SiH3].CCCCC. The third-order valence-electron chi connectivity index (χ3n) is 0.995. The number of carbonyl (C=O) groups excluding carboxylic acids is 1. The lowest BCUT2D eigenvalue weighted by atomic mass is 10.3. The van der Waals surface area contributed by atoms with E-state index in [2.05, 4.69) is 18.3 Å². The Bertz CT molecular complexity index is 72.0. The first-order chi connectivity index (χ1) is 4.68. The van der Waals surface area contributed by atoms with Gasteiger partial charge in [-0.25, -0.2) is 0 Å². The number of rotatable bonds is 2. The van der Waals surface area contributed by atoms with E-state index < -0.39 is 0 Å². The van der Waals surface area contributed by atoms with Crippen LogP contribution in [0.5, 0.6) is 0 Å². The zero-order chi connectivity index (χ0) is 8.41. The molecule has 0 saturated heterocycles. The van der Waals surface area contributed by atoms with Gasteiger partial charge in [-0.3, -0.25) is 4.79 Å². The molecule has 0 aliphatic carbocycles. The van der Waals surface area contributed by atoms with Gasteiger partial charge in [-0.05, 0) is 0 Å². The second-order valence-corrected chi connectivity index (χ2v) is 2.46. The first-order valence-electron chi connectivity index (χ1n) is 3.73. The Kier molecular flexibility index (Phi) is 14.2. The normalized spacial score (nSPS) is 7.90. The molecule has 0 rings (SSSR count). The predicted octanol–water partition coefficient (Wildman–Crippen LogP) is 1.03. The van der Waals surface area contributed by atoms with E-state index in [9.17, 15) is 4.79 Å². The third-order valence-corrected chi connectivity index (χ3v) is 1.57. The summed E-state index contributed by atoms with van der Waals surface area (Å²) < 4.78 is 4.25. The Labute approximate surface area is 66.5 Å². The largest absolute Gasteiger partial charge is 0.529 e. The molecule has 0 aliphatic heterocycles. The number of hydrogen-bond donors (Lipinski definition) is 0. The van der Waals surface area contributed by atoms with Crippen molar-refractivity contribution in [3.8, 4) is 0 Å². The fraction of sp³-hybridized carbons (Fsp3) is 0.857. The maximum atomic E-state index is 9.62. The summed E-state index contributed by atoms with van der Waals surface area (Å²) in [5.74, 6) is -0.184. The summed E-state index contributed by atoms with van der Waals surface area (Å²) in [5, 5.41) is 0. The van der Waals surface area contributed by atoms with E-state index in [-0.39, 0.29) is 5.97 Å². The molecule has 3 heteroatoms. The van der Waals surface area contributed by atoms with Crippen LogP contribution in [0.3, 0.4) is 0 Å². The van der Waals surface area contributed by atoms with Gasteiger partial charge in [0.15, 0.2) is 0 Å². The van der Waals surface area contributed by atoms with Crippen molar-refractivity contribution in [2.75, 3.05) is 0 Å². The van der Waals surface area contributed by atoms with Crippen LogP contribution in [0.15, 0.2) is 0 Å². The molecule has 0 atom stereocenters. The molecule has 0 bridgehead atoms. The van der Waals surface area contributed by atoms with Gasteiger partial charge < -0.3 is 4.43 Å². The molecule has 0 radical (unpaired) electrons. The average molecular weight is 162 g/mol. The molecular weight excluding hydrogens is 144 g/mol. The summed E-state index contributed by atoms with van der Waals surface area (Å²) in [4.78, 5) is 9.62. The molecule has 0 amide bonds. The predicted molar refractivity (Wildman–Crippen MR) is 46.9 cm³/mol. The summed E-state index contributed by atoms with van der Waals surface area (Å²) in [5.41, 5.74) is 0. The first-order valence-corrected chi connectivity index (χ1v) is 4.55. The highest BCUT2D eigenvalue weighted by Crippen LogP contribution is 1.88. The van der Waals surface area contributed by atoms with E-state index in [1.165, 1.54) is 26.2 Å². The maximum Gasteiger partial charge on any atom is 0.288 e. The van der Waals surface area contributed by atoms with Gasteiger partial charge in [0, 0.05) is 6.92 Å². The molecule has 0 aromatic carbocycles. The summed E-state index contributed by atoms with van der Waals surface area (Å²) >= 11 is 0. The Hall–Kier alpha value is -0.313. The monoisotopic (exact) mass is 162 g/mol. The van der Waals surface area contributed by atoms with Crippen LogP contribution in [0.4, 0.5) is 0 Å². The van der Waals surface area contributed by atoms with E-state index in [1.807, 2.05) is 0 Å². The van der Waals surface area contributed by atoms with Crippen molar-refractivity contribution in [2.45, 2.75) is 40.0 Å². The minimum Gasteiger partial charge on any atom is -0.529 e. The standard InChI is InChI=1S/C5H12.C2H6O2Si/c1-3-5-4-2;1-2(3)4-5/h3-5H2,1-2H3;1,5H3. The van der Waals surface area contributed by atoms with Crippen molar-refractivity contribution in [2.24, 2.45) is 0 Å². The minimum atomic E-state index is -0.184. The number of hydrogen-bond acceptors (Lipinski definition) is 2. The zero-order valence-electron chi connectivity index (χ0n) is 7.44. The molecular formula is C7H18O2Si. The lowest BCUT2D eigenvalue weighted by Gasteiger charge is -1.82. The average Bonchev–Trinajstić information content (AvgIpc) is 1.91. The van der Waals surface area contributed by atoms with Crippen molar-refractivity contribution in [1.82, 2.24) is 0 Å². The van der Waals surface area contributed by atoms with Crippen LogP contribution in [0.25, 0.3) is 0 Å². The Balaban J connectivity index is 0. The molecule has 0 aromatic heterocycles. The molecule has 0 unspecified atom stereocenters. The van der Waals surface area contributed by atoms with Crippen LogP contribution < -0.4 is 0 Å². The second-order valence-electron chi connectivity index (χ2n) is 2.05. The zero-order valence-corrected chi connectivity index (χ0v) is 9.44. The van der Waals surface area contributed by atoms with E-state index in [0.29, 0.717) is 10.5 Å². The Morgan fingerprint density at radius 1 is 1.40 bits per heavy atom. The third kappa shape index (κ3) is 25.3. The fourth-order valence-corrected chi connectivity index (χ4v) is 0.354. The quantitative estimate of drug-likeness (QED) is 0.567. The smallest absolute Gasteiger partial charge is 0.288 e. The molecule has 0 aliphatic rings. The van der Waals surface area contributed by atoms with E-state index in [1.54, 1.807) is 0 Å². The van der Waals surface area contributed by atoms with E-state index >= 15 is 0 Å². The molecule has 0 heterocycles. The molecule has 0 saturated carbocycles. The van der Waals surface area contributed by atoms with Crippen molar-refractivity contribution < 1.29 is 9.22 Å². The summed E-state index contributed by atoms with van der Waals surface area (Å²) in [7, 11) is 0.524. The fourth-order valence-electron chi connectivity index (χ4n) is 0.354. The van der Waals surface area contributed by atoms with Crippen LogP contribution >= 0.6 is 0 Å². The second kappa shape index (κ2) is 11.5. The molecule has 10 heavy (non-hydrogen) atoms. The topological polar surface area (TPSA) is 26.3 Å². The number of carbonyl (C=O) groups is 1. The number of unbranched alkanes of at least 4 members (excludes halogenated alkanes) is 2. The van der Waals surface area contributed by atoms with Crippen molar-refractivity contribution in [3.63, 3.8) is 0 Å². The highest BCUT2D eigenvalue weighted by Gasteiger charge is 1.74. The first kappa shape index (κ1) is 12.4. The summed E-state index contributed by atoms with van der Waals surface area (Å²) in [6, 6.07) is 0. The van der Waals surface area contributed by atoms with Gasteiger partial charge in [0.2, 0.25) is 10.5 Å². The van der Waals surface area contributed by atoms with Gasteiger partial charge in [-0.15, -0.1) is 0 Å². The summed E-state index contributed by atoms with van der Waals surface area (Å²) in [6.45, 7) is 5.82. The molecule has 2 nitrogen and oxygen atoms in total. The summed E-state index contributed by atoms with van der Waals surface area (Å²) in [6.07, 6.45) is 4.08. The van der Waals surface area contributed by atoms with Crippen LogP contribution in [0.1, 0.15) is 40.0 Å². The van der Waals surface area contributed by atoms with Crippen LogP contribution in [0.2, 0.25) is 0 Å². The Morgan fingerprint density at radius 2 is 1.70 bits per heavy atom. The highest BCUT2D eigenvalue weighted by molar-refractivity contribution is 6.04. The van der Waals surface area contributed by atoms with Gasteiger partial charge in [0.05, 0.1) is 0 Å². The van der Waals surface area contributed by atoms with Crippen molar-refractivity contribution in [3.05, 3.63) is 0 Å². The van der Waals surface area contributed by atoms with Gasteiger partial charge >= 0.3 is 0 Å². The van der Waals surface area contributed by atoms with Crippen LogP contribution in [-0.4, -0.2) is 16.5 Å². The van der Waals surface area contributed by atoms with Crippen molar-refractivity contribution >= 4 is 16.5 Å². The molecule has 0 spiro atoms. The maximum absolute atomic E-state index is 9.62. The lowest BCUT2D eigenvalue weighted by molar-refractivity contribution is -0.131. The molecule has 62 valence electrons. The Morgan fingerprint density at radius 3 is 1.70 bits per heavy atom. The molecule has 0 N–H and O–H groups in total. The van der Waals surface area contributed by atoms with Gasteiger partial charge in [0.25, 0.3) is 5.97 Å². The molecule has 0 aromatic rings. The van der Waals surface area contributed by atoms with Crippen LogP contribution in [0, 0.1) is 0 Å². The van der Waals surface area contributed by atoms with E-state index in [4.69, 9.17) is 0 Å². The van der Waals surface area contributed by atoms with Gasteiger partial charge in [0.1, 0.15) is 0 Å². The lowest BCUT2D eigenvalue weighted by Crippen LogP contribution is -1.90. The van der Waals surface area contributed by atoms with Gasteiger partial charge in [-0.2, -0.15) is 0 Å². The van der Waals surface area contributed by atoms with Crippen LogP contribution in [-0.2, 0) is 9.22 Å². The minimum absolute atomic E-state index is 0.184. The molecule has 0 fully saturated rings. The van der Waals surface area contributed by atoms with E-state index in [0.717, 1.165) is 0 Å². The van der Waals surface area contributed by atoms with Gasteiger partial charge in [-0.1, -0.05) is 33.1 Å². The van der Waals surface area contributed by atoms with Crippen molar-refractivity contribution in [1.29, 1.82) is 0 Å².